The lowest BCUT2D eigenvalue weighted by atomic mass is 10.6. The molecule has 0 bridgehead atoms. The number of rotatable bonds is 3. The quantitative estimate of drug-likeness (QED) is 0.273. The lowest BCUT2D eigenvalue weighted by Gasteiger charge is -2.04. The Balaban J connectivity index is 2.97. The van der Waals surface area contributed by atoms with Crippen LogP contribution in [0.25, 0.3) is 0 Å². The highest BCUT2D eigenvalue weighted by molar-refractivity contribution is 8.03. The number of aromatic nitrogens is 2. The minimum atomic E-state index is 0.0967. The number of nitriles is 1. The second-order valence-corrected chi connectivity index (χ2v) is 2.97. The zero-order valence-electron chi connectivity index (χ0n) is 6.61. The van der Waals surface area contributed by atoms with E-state index in [0.29, 0.717) is 10.7 Å². The van der Waals surface area contributed by atoms with Crippen LogP contribution in [0.5, 0.6) is 0 Å². The second-order valence-electron chi connectivity index (χ2n) is 1.86. The Morgan fingerprint density at radius 1 is 1.77 bits per heavy atom. The van der Waals surface area contributed by atoms with Gasteiger partial charge in [-0.1, -0.05) is 0 Å². The van der Waals surface area contributed by atoms with Crippen molar-refractivity contribution in [2.45, 2.75) is 5.03 Å². The summed E-state index contributed by atoms with van der Waals surface area (Å²) >= 11 is 6.42. The van der Waals surface area contributed by atoms with Crippen molar-refractivity contribution >= 4 is 29.1 Å². The largest absolute Gasteiger partial charge is 0.279 e. The van der Waals surface area contributed by atoms with Crippen molar-refractivity contribution in [1.29, 1.82) is 5.26 Å². The van der Waals surface area contributed by atoms with Crippen LogP contribution in [0, 0.1) is 10.7 Å². The van der Waals surface area contributed by atoms with E-state index in [4.69, 9.17) is 16.9 Å². The van der Waals surface area contributed by atoms with E-state index in [-0.39, 0.29) is 5.28 Å². The normalized spacial score (nSPS) is 9.31. The Bertz CT molecular complexity index is 340. The van der Waals surface area contributed by atoms with Gasteiger partial charge in [-0.05, 0) is 11.6 Å². The van der Waals surface area contributed by atoms with Crippen LogP contribution in [-0.2, 0) is 4.84 Å². The zero-order valence-corrected chi connectivity index (χ0v) is 8.19. The van der Waals surface area contributed by atoms with Crippen molar-refractivity contribution in [2.75, 3.05) is 12.6 Å². The fourth-order valence-electron chi connectivity index (χ4n) is 0.647. The van der Waals surface area contributed by atoms with E-state index in [1.807, 2.05) is 5.40 Å². The number of thioether (sulfide) groups is 1. The molecule has 0 aliphatic rings. The summed E-state index contributed by atoms with van der Waals surface area (Å²) in [5.74, 6) is 0. The molecule has 0 aromatic carbocycles. The first kappa shape index (κ1) is 10.1. The molecule has 0 saturated carbocycles. The fraction of sp³-hybridized carbons (Fsp3) is 0.167. The number of hydrogen-bond donors (Lipinski definition) is 1. The first-order valence-corrected chi connectivity index (χ1v) is 4.35. The molecule has 0 amide bonds. The van der Waals surface area contributed by atoms with Crippen LogP contribution in [0.1, 0.15) is 0 Å². The third kappa shape index (κ3) is 2.73. The molecular formula is C6H5ClN4OS. The molecule has 1 aromatic heterocycles. The summed E-state index contributed by atoms with van der Waals surface area (Å²) < 4.78 is 0. The van der Waals surface area contributed by atoms with Crippen LogP contribution in [0.15, 0.2) is 11.2 Å². The molecule has 1 aromatic rings. The number of hydrogen-bond acceptors (Lipinski definition) is 6. The third-order valence-corrected chi connectivity index (χ3v) is 1.86. The van der Waals surface area contributed by atoms with Crippen LogP contribution in [0.3, 0.4) is 0 Å². The van der Waals surface area contributed by atoms with Crippen molar-refractivity contribution in [1.82, 2.24) is 9.97 Å². The highest BCUT2D eigenvalue weighted by Gasteiger charge is 2.06. The van der Waals surface area contributed by atoms with Gasteiger partial charge in [-0.3, -0.25) is 10.3 Å². The van der Waals surface area contributed by atoms with Gasteiger partial charge in [0, 0.05) is 11.8 Å². The highest BCUT2D eigenvalue weighted by atomic mass is 35.5. The highest BCUT2D eigenvalue weighted by Crippen LogP contribution is 2.24. The van der Waals surface area contributed by atoms with Gasteiger partial charge in [0.1, 0.15) is 16.1 Å². The van der Waals surface area contributed by atoms with Gasteiger partial charge in [0.15, 0.2) is 0 Å². The minimum Gasteiger partial charge on any atom is -0.279 e. The second kappa shape index (κ2) is 4.87. The van der Waals surface area contributed by atoms with Crippen molar-refractivity contribution in [3.63, 3.8) is 0 Å². The molecule has 0 unspecified atom stereocenters. The summed E-state index contributed by atoms with van der Waals surface area (Å²) in [4.78, 5) is 12.2. The number of nitrogens with one attached hydrogen (secondary N) is 1. The zero-order chi connectivity index (χ0) is 9.68. The van der Waals surface area contributed by atoms with Gasteiger partial charge in [-0.25, -0.2) is 9.97 Å². The topological polar surface area (TPSA) is 70.8 Å². The SMILES string of the molecule is CONc1cnc(Cl)nc1SC#N. The minimum absolute atomic E-state index is 0.0967. The van der Waals surface area contributed by atoms with E-state index < -0.39 is 0 Å². The predicted molar refractivity (Wildman–Crippen MR) is 49.1 cm³/mol. The van der Waals surface area contributed by atoms with E-state index in [1.54, 1.807) is 0 Å². The maximum Gasteiger partial charge on any atom is 0.223 e. The van der Waals surface area contributed by atoms with Gasteiger partial charge in [0.05, 0.1) is 13.3 Å². The molecule has 0 saturated heterocycles. The van der Waals surface area contributed by atoms with E-state index in [0.717, 1.165) is 11.8 Å². The molecule has 0 aliphatic carbocycles. The van der Waals surface area contributed by atoms with Crippen molar-refractivity contribution in [3.05, 3.63) is 11.5 Å². The summed E-state index contributed by atoms with van der Waals surface area (Å²) in [6, 6.07) is 0. The molecule has 0 fully saturated rings. The molecule has 0 radical (unpaired) electrons. The van der Waals surface area contributed by atoms with Crippen molar-refractivity contribution in [3.8, 4) is 5.40 Å². The van der Waals surface area contributed by atoms with E-state index in [1.165, 1.54) is 13.3 Å². The number of anilines is 1. The molecule has 7 heteroatoms. The number of nitrogens with zero attached hydrogens (tertiary/aromatic N) is 3. The molecule has 1 rings (SSSR count). The summed E-state index contributed by atoms with van der Waals surface area (Å²) in [5, 5.41) is 10.9. The maximum absolute atomic E-state index is 8.44. The van der Waals surface area contributed by atoms with Gasteiger partial charge < -0.3 is 0 Å². The van der Waals surface area contributed by atoms with E-state index in [2.05, 4.69) is 20.3 Å². The lowest BCUT2D eigenvalue weighted by molar-refractivity contribution is 0.269. The lowest BCUT2D eigenvalue weighted by Crippen LogP contribution is -1.99. The number of halogens is 1. The molecule has 0 atom stereocenters. The van der Waals surface area contributed by atoms with Crippen LogP contribution >= 0.6 is 23.4 Å². The first-order valence-electron chi connectivity index (χ1n) is 3.15. The molecular weight excluding hydrogens is 212 g/mol. The smallest absolute Gasteiger partial charge is 0.223 e. The van der Waals surface area contributed by atoms with Gasteiger partial charge in [0.25, 0.3) is 0 Å². The monoisotopic (exact) mass is 216 g/mol. The predicted octanol–water partition coefficient (Wildman–Crippen LogP) is 1.68. The summed E-state index contributed by atoms with van der Waals surface area (Å²) in [6.07, 6.45) is 1.44. The Morgan fingerprint density at radius 3 is 3.15 bits per heavy atom. The Hall–Kier alpha value is -1.03. The van der Waals surface area contributed by atoms with Crippen LogP contribution in [0.4, 0.5) is 5.69 Å². The van der Waals surface area contributed by atoms with Crippen LogP contribution in [0.2, 0.25) is 5.28 Å². The van der Waals surface area contributed by atoms with Crippen LogP contribution in [-0.4, -0.2) is 17.1 Å². The molecule has 1 heterocycles. The summed E-state index contributed by atoms with van der Waals surface area (Å²) in [5.41, 5.74) is 3.05. The van der Waals surface area contributed by atoms with Gasteiger partial charge in [0.2, 0.25) is 5.28 Å². The average molecular weight is 217 g/mol. The molecule has 1 N–H and O–H groups in total. The van der Waals surface area contributed by atoms with Crippen LogP contribution < -0.4 is 5.48 Å². The van der Waals surface area contributed by atoms with Gasteiger partial charge in [-0.15, -0.1) is 0 Å². The molecule has 68 valence electrons. The van der Waals surface area contributed by atoms with Gasteiger partial charge in [-0.2, -0.15) is 5.26 Å². The molecule has 13 heavy (non-hydrogen) atoms. The Kier molecular flexibility index (Phi) is 3.76. The van der Waals surface area contributed by atoms with Crippen molar-refractivity contribution < 1.29 is 4.84 Å². The first-order chi connectivity index (χ1) is 6.27. The molecule has 0 spiro atoms. The van der Waals surface area contributed by atoms with E-state index >= 15 is 0 Å². The average Bonchev–Trinajstić information content (AvgIpc) is 2.10. The molecule has 0 aliphatic heterocycles. The van der Waals surface area contributed by atoms with Crippen molar-refractivity contribution in [2.24, 2.45) is 0 Å². The fourth-order valence-corrected chi connectivity index (χ4v) is 1.25. The standard InChI is InChI=1S/C6H5ClN4OS/c1-12-11-4-2-9-6(7)10-5(4)13-3-8/h2,11H,1H3. The maximum atomic E-state index is 8.44. The van der Waals surface area contributed by atoms with E-state index in [9.17, 15) is 0 Å². The molecule has 5 nitrogen and oxygen atoms in total. The third-order valence-electron chi connectivity index (χ3n) is 1.08. The summed E-state index contributed by atoms with van der Waals surface area (Å²) in [7, 11) is 1.45. The Labute approximate surface area is 84.0 Å². The number of thiocyanates is 1. The van der Waals surface area contributed by atoms with Gasteiger partial charge >= 0.3 is 0 Å². The summed E-state index contributed by atoms with van der Waals surface area (Å²) in [6.45, 7) is 0. The Morgan fingerprint density at radius 2 is 2.54 bits per heavy atom.